The molecule has 1 aromatic carbocycles. The number of carbonyl (C=O) groups is 1. The highest BCUT2D eigenvalue weighted by Crippen LogP contribution is 2.28. The smallest absolute Gasteiger partial charge is 0.354 e. The number of hydrogen-bond acceptors (Lipinski definition) is 3. The van der Waals surface area contributed by atoms with Crippen LogP contribution in [0.1, 0.15) is 17.4 Å². The van der Waals surface area contributed by atoms with Gasteiger partial charge in [0.15, 0.2) is 0 Å². The summed E-state index contributed by atoms with van der Waals surface area (Å²) in [6, 6.07) is 13.5. The Balaban J connectivity index is 1.96. The molecule has 0 radical (unpaired) electrons. The van der Waals surface area contributed by atoms with Gasteiger partial charge in [0.25, 0.3) is 0 Å². The van der Waals surface area contributed by atoms with Crippen LogP contribution in [0, 0.1) is 0 Å². The predicted molar refractivity (Wildman–Crippen MR) is 72.0 cm³/mol. The molecule has 2 aromatic heterocycles. The molecule has 2 heterocycles. The first-order valence-electron chi connectivity index (χ1n) is 6.13. The van der Waals surface area contributed by atoms with Gasteiger partial charge in [-0.1, -0.05) is 30.3 Å². The predicted octanol–water partition coefficient (Wildman–Crippen LogP) is 3.60. The van der Waals surface area contributed by atoms with Gasteiger partial charge in [-0.2, -0.15) is 0 Å². The molecule has 0 spiro atoms. The van der Waals surface area contributed by atoms with E-state index in [2.05, 4.69) is 4.98 Å². The molecule has 3 rings (SSSR count). The molecule has 0 unspecified atom stereocenters. The maximum absolute atomic E-state index is 11.6. The average Bonchev–Trinajstić information content (AvgIpc) is 2.98. The second-order valence-corrected chi connectivity index (χ2v) is 4.16. The van der Waals surface area contributed by atoms with Gasteiger partial charge in [-0.3, -0.25) is 0 Å². The number of benzene rings is 1. The quantitative estimate of drug-likeness (QED) is 0.727. The molecule has 96 valence electrons. The number of fused-ring (bicyclic) bond motifs is 1. The lowest BCUT2D eigenvalue weighted by molar-refractivity contribution is 0.0520. The van der Waals surface area contributed by atoms with Crippen molar-refractivity contribution in [1.82, 2.24) is 4.98 Å². The Hall–Kier alpha value is -2.49. The van der Waals surface area contributed by atoms with Crippen LogP contribution in [0.15, 0.2) is 46.9 Å². The third kappa shape index (κ3) is 2.12. The third-order valence-electron chi connectivity index (χ3n) is 2.86. The molecule has 0 aliphatic carbocycles. The SMILES string of the molecule is CCOC(=O)c1cc2cc(-c3ccccc3)oc2[nH]1. The van der Waals surface area contributed by atoms with E-state index in [0.717, 1.165) is 16.7 Å². The zero-order valence-electron chi connectivity index (χ0n) is 10.5. The van der Waals surface area contributed by atoms with Crippen LogP contribution in [0.4, 0.5) is 0 Å². The van der Waals surface area contributed by atoms with E-state index in [0.29, 0.717) is 18.0 Å². The molecule has 0 atom stereocenters. The highest BCUT2D eigenvalue weighted by atomic mass is 16.5. The van der Waals surface area contributed by atoms with Crippen molar-refractivity contribution in [1.29, 1.82) is 0 Å². The molecule has 0 amide bonds. The topological polar surface area (TPSA) is 55.2 Å². The lowest BCUT2D eigenvalue weighted by Gasteiger charge is -1.97. The largest absolute Gasteiger partial charge is 0.461 e. The van der Waals surface area contributed by atoms with Crippen molar-refractivity contribution in [2.45, 2.75) is 6.92 Å². The molecule has 4 nitrogen and oxygen atoms in total. The van der Waals surface area contributed by atoms with Gasteiger partial charge in [-0.05, 0) is 19.1 Å². The van der Waals surface area contributed by atoms with Crippen LogP contribution in [-0.4, -0.2) is 17.6 Å². The van der Waals surface area contributed by atoms with Gasteiger partial charge in [-0.25, -0.2) is 4.79 Å². The monoisotopic (exact) mass is 255 g/mol. The van der Waals surface area contributed by atoms with Gasteiger partial charge in [0.2, 0.25) is 5.71 Å². The number of ether oxygens (including phenoxy) is 1. The minimum Gasteiger partial charge on any atom is -0.461 e. The average molecular weight is 255 g/mol. The van der Waals surface area contributed by atoms with Gasteiger partial charge < -0.3 is 14.1 Å². The Kier molecular flexibility index (Phi) is 2.83. The number of furan rings is 1. The zero-order chi connectivity index (χ0) is 13.2. The van der Waals surface area contributed by atoms with Crippen LogP contribution in [-0.2, 0) is 4.74 Å². The summed E-state index contributed by atoms with van der Waals surface area (Å²) in [5.41, 5.74) is 2.00. The second kappa shape index (κ2) is 4.65. The summed E-state index contributed by atoms with van der Waals surface area (Å²) in [5.74, 6) is 0.410. The van der Waals surface area contributed by atoms with Crippen molar-refractivity contribution in [3.63, 3.8) is 0 Å². The number of rotatable bonds is 3. The minimum absolute atomic E-state index is 0.356. The molecule has 0 fully saturated rings. The lowest BCUT2D eigenvalue weighted by Crippen LogP contribution is -2.04. The number of aromatic amines is 1. The minimum atomic E-state index is -0.366. The Labute approximate surface area is 110 Å². The summed E-state index contributed by atoms with van der Waals surface area (Å²) in [7, 11) is 0. The van der Waals surface area contributed by atoms with E-state index < -0.39 is 0 Å². The maximum Gasteiger partial charge on any atom is 0.354 e. The van der Waals surface area contributed by atoms with Crippen molar-refractivity contribution in [3.8, 4) is 11.3 Å². The number of nitrogens with one attached hydrogen (secondary N) is 1. The number of esters is 1. The van der Waals surface area contributed by atoms with E-state index in [-0.39, 0.29) is 5.97 Å². The first-order valence-corrected chi connectivity index (χ1v) is 6.13. The maximum atomic E-state index is 11.6. The zero-order valence-corrected chi connectivity index (χ0v) is 10.5. The van der Waals surface area contributed by atoms with E-state index in [1.165, 1.54) is 0 Å². The van der Waals surface area contributed by atoms with Crippen LogP contribution >= 0.6 is 0 Å². The van der Waals surface area contributed by atoms with Crippen molar-refractivity contribution in [3.05, 3.63) is 48.2 Å². The van der Waals surface area contributed by atoms with Gasteiger partial charge in [-0.15, -0.1) is 0 Å². The van der Waals surface area contributed by atoms with Gasteiger partial charge in [0, 0.05) is 10.9 Å². The normalized spacial score (nSPS) is 10.8. The molecule has 0 bridgehead atoms. The summed E-state index contributed by atoms with van der Waals surface area (Å²) in [5, 5.41) is 0.863. The summed E-state index contributed by atoms with van der Waals surface area (Å²) in [6.07, 6.45) is 0. The molecule has 19 heavy (non-hydrogen) atoms. The molecular formula is C15H13NO3. The van der Waals surface area contributed by atoms with Crippen LogP contribution < -0.4 is 0 Å². The van der Waals surface area contributed by atoms with E-state index in [4.69, 9.17) is 9.15 Å². The number of aromatic nitrogens is 1. The molecule has 4 heteroatoms. The fourth-order valence-corrected chi connectivity index (χ4v) is 1.99. The third-order valence-corrected chi connectivity index (χ3v) is 2.86. The fourth-order valence-electron chi connectivity index (χ4n) is 1.99. The van der Waals surface area contributed by atoms with Crippen molar-refractivity contribution < 1.29 is 13.9 Å². The molecule has 0 saturated carbocycles. The molecule has 1 N–H and O–H groups in total. The van der Waals surface area contributed by atoms with E-state index in [1.807, 2.05) is 36.4 Å². The first-order chi connectivity index (χ1) is 9.28. The van der Waals surface area contributed by atoms with Gasteiger partial charge in [0.05, 0.1) is 6.61 Å². The Bertz CT molecular complexity index is 678. The van der Waals surface area contributed by atoms with Crippen LogP contribution in [0.3, 0.4) is 0 Å². The van der Waals surface area contributed by atoms with Crippen molar-refractivity contribution in [2.75, 3.05) is 6.61 Å². The summed E-state index contributed by atoms with van der Waals surface area (Å²) >= 11 is 0. The molecular weight excluding hydrogens is 242 g/mol. The Morgan fingerprint density at radius 1 is 1.26 bits per heavy atom. The van der Waals surface area contributed by atoms with Crippen molar-refractivity contribution >= 4 is 17.1 Å². The second-order valence-electron chi connectivity index (χ2n) is 4.16. The molecule has 0 aliphatic heterocycles. The van der Waals surface area contributed by atoms with E-state index in [9.17, 15) is 4.79 Å². The fraction of sp³-hybridized carbons (Fsp3) is 0.133. The summed E-state index contributed by atoms with van der Waals surface area (Å²) in [4.78, 5) is 14.5. The van der Waals surface area contributed by atoms with E-state index in [1.54, 1.807) is 13.0 Å². The van der Waals surface area contributed by atoms with Crippen LogP contribution in [0.5, 0.6) is 0 Å². The van der Waals surface area contributed by atoms with Gasteiger partial charge >= 0.3 is 5.97 Å². The summed E-state index contributed by atoms with van der Waals surface area (Å²) in [6.45, 7) is 2.13. The Morgan fingerprint density at radius 2 is 2.05 bits per heavy atom. The molecule has 0 aliphatic rings. The number of carbonyl (C=O) groups excluding carboxylic acids is 1. The highest BCUT2D eigenvalue weighted by molar-refractivity contribution is 5.94. The van der Waals surface area contributed by atoms with Crippen LogP contribution in [0.2, 0.25) is 0 Å². The standard InChI is InChI=1S/C15H13NO3/c1-2-18-15(17)12-8-11-9-13(19-14(11)16-12)10-6-4-3-5-7-10/h3-9,16H,2H2,1H3. The van der Waals surface area contributed by atoms with Gasteiger partial charge in [0.1, 0.15) is 11.5 Å². The number of hydrogen-bond donors (Lipinski definition) is 1. The Morgan fingerprint density at radius 3 is 2.74 bits per heavy atom. The molecule has 3 aromatic rings. The molecule has 0 saturated heterocycles. The van der Waals surface area contributed by atoms with E-state index >= 15 is 0 Å². The van der Waals surface area contributed by atoms with Crippen molar-refractivity contribution in [2.24, 2.45) is 0 Å². The highest BCUT2D eigenvalue weighted by Gasteiger charge is 2.14. The first kappa shape index (κ1) is 11.6. The summed E-state index contributed by atoms with van der Waals surface area (Å²) < 4.78 is 10.6. The van der Waals surface area contributed by atoms with Crippen LogP contribution in [0.25, 0.3) is 22.4 Å². The number of H-pyrrole nitrogens is 1. The lowest BCUT2D eigenvalue weighted by atomic mass is 10.2.